The van der Waals surface area contributed by atoms with Gasteiger partial charge in [-0.05, 0) is 35.8 Å². The summed E-state index contributed by atoms with van der Waals surface area (Å²) < 4.78 is 2.43. The normalized spacial score (nSPS) is 19.4. The summed E-state index contributed by atoms with van der Waals surface area (Å²) in [4.78, 5) is 13.3. The predicted molar refractivity (Wildman–Crippen MR) is 79.7 cm³/mol. The lowest BCUT2D eigenvalue weighted by Gasteiger charge is -2.39. The van der Waals surface area contributed by atoms with Crippen LogP contribution in [-0.2, 0) is 11.3 Å². The minimum Gasteiger partial charge on any atom is -0.347 e. The first-order valence-corrected chi connectivity index (χ1v) is 7.55. The Morgan fingerprint density at radius 2 is 2.05 bits per heavy atom. The second-order valence-electron chi connectivity index (χ2n) is 6.32. The average Bonchev–Trinajstić information content (AvgIpc) is 3.07. The Hall–Kier alpha value is -1.77. The quantitative estimate of drug-likeness (QED) is 0.840. The molecule has 3 nitrogen and oxygen atoms in total. The van der Waals surface area contributed by atoms with Crippen molar-refractivity contribution in [2.75, 3.05) is 13.1 Å². The van der Waals surface area contributed by atoms with Gasteiger partial charge < -0.3 is 9.47 Å². The summed E-state index contributed by atoms with van der Waals surface area (Å²) in [7, 11) is 0. The van der Waals surface area contributed by atoms with Crippen molar-refractivity contribution in [1.29, 1.82) is 0 Å². The Kier molecular flexibility index (Phi) is 2.62. The van der Waals surface area contributed by atoms with Gasteiger partial charge in [0.2, 0.25) is 5.91 Å². The van der Waals surface area contributed by atoms with Gasteiger partial charge in [0, 0.05) is 38.7 Å². The van der Waals surface area contributed by atoms with E-state index in [4.69, 9.17) is 0 Å². The van der Waals surface area contributed by atoms with Crippen molar-refractivity contribution in [3.63, 3.8) is 0 Å². The van der Waals surface area contributed by atoms with E-state index in [1.54, 1.807) is 6.92 Å². The molecule has 1 aromatic heterocycles. The number of hydrogen-bond acceptors (Lipinski definition) is 1. The Morgan fingerprint density at radius 3 is 2.75 bits per heavy atom. The van der Waals surface area contributed by atoms with Gasteiger partial charge in [-0.25, -0.2) is 0 Å². The van der Waals surface area contributed by atoms with Gasteiger partial charge >= 0.3 is 0 Å². The van der Waals surface area contributed by atoms with Gasteiger partial charge in [-0.1, -0.05) is 18.2 Å². The molecule has 2 heterocycles. The van der Waals surface area contributed by atoms with Gasteiger partial charge in [-0.3, -0.25) is 4.79 Å². The van der Waals surface area contributed by atoms with E-state index in [0.717, 1.165) is 25.6 Å². The number of amides is 1. The molecule has 104 valence electrons. The van der Waals surface area contributed by atoms with E-state index < -0.39 is 0 Å². The second-order valence-corrected chi connectivity index (χ2v) is 6.32. The van der Waals surface area contributed by atoms with E-state index in [-0.39, 0.29) is 5.91 Å². The maximum atomic E-state index is 11.4. The maximum absolute atomic E-state index is 11.4. The number of para-hydroxylation sites is 1. The first kappa shape index (κ1) is 12.0. The first-order chi connectivity index (χ1) is 9.72. The molecule has 2 aliphatic rings. The van der Waals surface area contributed by atoms with Crippen LogP contribution in [0.4, 0.5) is 0 Å². The van der Waals surface area contributed by atoms with E-state index in [1.165, 1.54) is 29.3 Å². The van der Waals surface area contributed by atoms with Crippen LogP contribution in [0, 0.1) is 5.92 Å². The molecule has 0 bridgehead atoms. The van der Waals surface area contributed by atoms with Crippen molar-refractivity contribution in [3.05, 3.63) is 36.0 Å². The van der Waals surface area contributed by atoms with Crippen LogP contribution >= 0.6 is 0 Å². The van der Waals surface area contributed by atoms with Gasteiger partial charge in [-0.2, -0.15) is 0 Å². The number of likely N-dealkylation sites (tertiary alicyclic amines) is 1. The lowest BCUT2D eigenvalue weighted by Crippen LogP contribution is -2.47. The molecule has 20 heavy (non-hydrogen) atoms. The number of nitrogens with zero attached hydrogens (tertiary/aromatic N) is 2. The third-order valence-corrected chi connectivity index (χ3v) is 4.74. The SMILES string of the molecule is CC(=O)N1CC(c2cccc3ccn(CC4CC4)c23)C1. The molecule has 2 fully saturated rings. The highest BCUT2D eigenvalue weighted by atomic mass is 16.2. The Balaban J connectivity index is 1.68. The number of benzene rings is 1. The van der Waals surface area contributed by atoms with Gasteiger partial charge in [0.05, 0.1) is 5.52 Å². The molecule has 1 aliphatic carbocycles. The number of carbonyl (C=O) groups excluding carboxylic acids is 1. The van der Waals surface area contributed by atoms with Crippen molar-refractivity contribution in [2.24, 2.45) is 5.92 Å². The largest absolute Gasteiger partial charge is 0.347 e. The summed E-state index contributed by atoms with van der Waals surface area (Å²) in [6.45, 7) is 4.57. The fourth-order valence-electron chi connectivity index (χ4n) is 3.28. The predicted octanol–water partition coefficient (Wildman–Crippen LogP) is 3.00. The molecule has 0 atom stereocenters. The lowest BCUT2D eigenvalue weighted by molar-refractivity contribution is -0.133. The lowest BCUT2D eigenvalue weighted by atomic mass is 9.90. The van der Waals surface area contributed by atoms with Gasteiger partial charge in [0.25, 0.3) is 0 Å². The van der Waals surface area contributed by atoms with Crippen LogP contribution in [0.5, 0.6) is 0 Å². The number of fused-ring (bicyclic) bond motifs is 1. The molecule has 1 saturated heterocycles. The van der Waals surface area contributed by atoms with Crippen LogP contribution in [0.1, 0.15) is 31.2 Å². The Labute approximate surface area is 119 Å². The minimum atomic E-state index is 0.196. The highest BCUT2D eigenvalue weighted by Crippen LogP contribution is 2.36. The zero-order chi connectivity index (χ0) is 13.7. The molecule has 1 aromatic carbocycles. The van der Waals surface area contributed by atoms with E-state index in [2.05, 4.69) is 35.0 Å². The Bertz CT molecular complexity index is 663. The van der Waals surface area contributed by atoms with Crippen molar-refractivity contribution in [1.82, 2.24) is 9.47 Å². The van der Waals surface area contributed by atoms with Crippen molar-refractivity contribution in [3.8, 4) is 0 Å². The molecule has 3 heteroatoms. The van der Waals surface area contributed by atoms with Crippen LogP contribution < -0.4 is 0 Å². The first-order valence-electron chi connectivity index (χ1n) is 7.55. The maximum Gasteiger partial charge on any atom is 0.219 e. The summed E-state index contributed by atoms with van der Waals surface area (Å²) >= 11 is 0. The molecule has 0 radical (unpaired) electrons. The van der Waals surface area contributed by atoms with Crippen LogP contribution in [0.3, 0.4) is 0 Å². The topological polar surface area (TPSA) is 25.2 Å². The highest BCUT2D eigenvalue weighted by Gasteiger charge is 2.31. The number of carbonyl (C=O) groups is 1. The summed E-state index contributed by atoms with van der Waals surface area (Å²) in [6, 6.07) is 8.82. The van der Waals surface area contributed by atoms with Gasteiger partial charge in [-0.15, -0.1) is 0 Å². The van der Waals surface area contributed by atoms with Gasteiger partial charge in [0.15, 0.2) is 0 Å². The van der Waals surface area contributed by atoms with E-state index in [9.17, 15) is 4.79 Å². The summed E-state index contributed by atoms with van der Waals surface area (Å²) in [6.07, 6.45) is 4.99. The summed E-state index contributed by atoms with van der Waals surface area (Å²) in [5, 5.41) is 1.34. The van der Waals surface area contributed by atoms with E-state index in [0.29, 0.717) is 5.92 Å². The van der Waals surface area contributed by atoms with Crippen LogP contribution in [0.2, 0.25) is 0 Å². The van der Waals surface area contributed by atoms with Crippen LogP contribution in [0.15, 0.2) is 30.5 Å². The molecule has 1 amide bonds. The van der Waals surface area contributed by atoms with Crippen LogP contribution in [0.25, 0.3) is 10.9 Å². The van der Waals surface area contributed by atoms with E-state index in [1.807, 2.05) is 4.90 Å². The summed E-state index contributed by atoms with van der Waals surface area (Å²) in [5.74, 6) is 1.59. The fourth-order valence-corrected chi connectivity index (χ4v) is 3.28. The number of rotatable bonds is 3. The monoisotopic (exact) mass is 268 g/mol. The van der Waals surface area contributed by atoms with E-state index >= 15 is 0 Å². The Morgan fingerprint density at radius 1 is 1.25 bits per heavy atom. The fraction of sp³-hybridized carbons (Fsp3) is 0.471. The standard InChI is InChI=1S/C17H20N2O/c1-12(20)19-10-15(11-19)16-4-2-3-14-7-8-18(17(14)16)9-13-5-6-13/h2-4,7-8,13,15H,5-6,9-11H2,1H3. The zero-order valence-corrected chi connectivity index (χ0v) is 11.9. The molecular weight excluding hydrogens is 248 g/mol. The minimum absolute atomic E-state index is 0.196. The second kappa shape index (κ2) is 4.37. The molecule has 0 spiro atoms. The average molecular weight is 268 g/mol. The molecule has 1 saturated carbocycles. The molecule has 2 aromatic rings. The molecular formula is C17H20N2O. The van der Waals surface area contributed by atoms with Crippen molar-refractivity contribution in [2.45, 2.75) is 32.2 Å². The van der Waals surface area contributed by atoms with Crippen LogP contribution in [-0.4, -0.2) is 28.5 Å². The van der Waals surface area contributed by atoms with Gasteiger partial charge in [0.1, 0.15) is 0 Å². The third kappa shape index (κ3) is 1.92. The van der Waals surface area contributed by atoms with Crippen molar-refractivity contribution >= 4 is 16.8 Å². The third-order valence-electron chi connectivity index (χ3n) is 4.74. The number of aromatic nitrogens is 1. The molecule has 0 N–H and O–H groups in total. The molecule has 0 unspecified atom stereocenters. The highest BCUT2D eigenvalue weighted by molar-refractivity contribution is 5.84. The molecule has 4 rings (SSSR count). The van der Waals surface area contributed by atoms with Crippen molar-refractivity contribution < 1.29 is 4.79 Å². The summed E-state index contributed by atoms with van der Waals surface area (Å²) in [5.41, 5.74) is 2.82. The smallest absolute Gasteiger partial charge is 0.219 e. The number of hydrogen-bond donors (Lipinski definition) is 0. The molecule has 1 aliphatic heterocycles. The zero-order valence-electron chi connectivity index (χ0n) is 11.9.